The molecule has 2 atom stereocenters. The number of ether oxygens (including phenoxy) is 1. The number of hydrogen-bond acceptors (Lipinski definition) is 4. The van der Waals surface area contributed by atoms with Crippen molar-refractivity contribution in [3.8, 4) is 0 Å². The van der Waals surface area contributed by atoms with E-state index in [9.17, 15) is 9.59 Å². The lowest BCUT2D eigenvalue weighted by molar-refractivity contribution is -0.149. The average Bonchev–Trinajstić information content (AvgIpc) is 3.35. The second kappa shape index (κ2) is 8.41. The molecule has 0 bridgehead atoms. The third kappa shape index (κ3) is 3.81. The summed E-state index contributed by atoms with van der Waals surface area (Å²) in [5.41, 5.74) is 2.93. The van der Waals surface area contributed by atoms with Crippen LogP contribution < -0.4 is 0 Å². The summed E-state index contributed by atoms with van der Waals surface area (Å²) in [6.45, 7) is 5.41. The van der Waals surface area contributed by atoms with Crippen LogP contribution in [0.1, 0.15) is 48.8 Å². The molecule has 1 saturated heterocycles. The van der Waals surface area contributed by atoms with E-state index in [-0.39, 0.29) is 23.8 Å². The molecule has 1 aliphatic heterocycles. The molecular formula is C23H26N2O3S. The van der Waals surface area contributed by atoms with Crippen molar-refractivity contribution < 1.29 is 14.3 Å². The van der Waals surface area contributed by atoms with Gasteiger partial charge in [0, 0.05) is 13.1 Å². The number of esters is 1. The van der Waals surface area contributed by atoms with Gasteiger partial charge in [0.25, 0.3) is 5.91 Å². The number of benzene rings is 1. The largest absolute Gasteiger partial charge is 0.466 e. The van der Waals surface area contributed by atoms with Crippen LogP contribution >= 0.6 is 11.3 Å². The van der Waals surface area contributed by atoms with Gasteiger partial charge in [-0.1, -0.05) is 30.3 Å². The third-order valence-electron chi connectivity index (χ3n) is 5.68. The number of hydrogen-bond donors (Lipinski definition) is 0. The van der Waals surface area contributed by atoms with Gasteiger partial charge in [0.05, 0.1) is 28.8 Å². The maximum atomic E-state index is 13.5. The second-order valence-electron chi connectivity index (χ2n) is 7.50. The van der Waals surface area contributed by atoms with Crippen molar-refractivity contribution in [2.75, 3.05) is 19.7 Å². The van der Waals surface area contributed by atoms with Crippen LogP contribution in [0.15, 0.2) is 47.8 Å². The van der Waals surface area contributed by atoms with Crippen molar-refractivity contribution in [1.29, 1.82) is 0 Å². The van der Waals surface area contributed by atoms with E-state index in [1.807, 2.05) is 36.1 Å². The first-order valence-electron chi connectivity index (χ1n) is 10.2. The third-order valence-corrected chi connectivity index (χ3v) is 6.53. The molecular weight excluding hydrogens is 384 g/mol. The average molecular weight is 411 g/mol. The normalized spacial score (nSPS) is 18.0. The second-order valence-corrected chi connectivity index (χ2v) is 8.45. The molecule has 152 valence electrons. The lowest BCUT2D eigenvalue weighted by Gasteiger charge is -2.32. The fourth-order valence-corrected chi connectivity index (χ4v) is 4.99. The number of nitrogens with zero attached hydrogens (tertiary/aromatic N) is 2. The van der Waals surface area contributed by atoms with Crippen molar-refractivity contribution in [2.45, 2.75) is 32.7 Å². The van der Waals surface area contributed by atoms with Crippen LogP contribution in [0.3, 0.4) is 0 Å². The Labute approximate surface area is 174 Å². The first kappa shape index (κ1) is 19.7. The Bertz CT molecular complexity index is 1010. The van der Waals surface area contributed by atoms with Gasteiger partial charge in [-0.3, -0.25) is 9.59 Å². The van der Waals surface area contributed by atoms with Crippen molar-refractivity contribution in [2.24, 2.45) is 5.92 Å². The van der Waals surface area contributed by atoms with E-state index in [0.29, 0.717) is 25.4 Å². The smallest absolute Gasteiger partial charge is 0.310 e. The Balaban J connectivity index is 1.66. The van der Waals surface area contributed by atoms with E-state index in [1.165, 1.54) is 0 Å². The van der Waals surface area contributed by atoms with Gasteiger partial charge in [0.15, 0.2) is 0 Å². The lowest BCUT2D eigenvalue weighted by Crippen LogP contribution is -2.43. The molecule has 0 unspecified atom stereocenters. The Kier molecular flexibility index (Phi) is 5.72. The summed E-state index contributed by atoms with van der Waals surface area (Å²) in [7, 11) is 0. The highest BCUT2D eigenvalue weighted by atomic mass is 32.1. The summed E-state index contributed by atoms with van der Waals surface area (Å²) in [5.74, 6) is -0.437. The molecule has 1 amide bonds. The number of thiophene rings is 1. The molecule has 0 radical (unpaired) electrons. The zero-order chi connectivity index (χ0) is 20.4. The molecule has 5 nitrogen and oxygen atoms in total. The number of aromatic nitrogens is 1. The molecule has 1 aromatic carbocycles. The number of amides is 1. The van der Waals surface area contributed by atoms with Gasteiger partial charge in [-0.15, -0.1) is 11.3 Å². The summed E-state index contributed by atoms with van der Waals surface area (Å²) in [4.78, 5) is 27.5. The van der Waals surface area contributed by atoms with Gasteiger partial charge in [0.1, 0.15) is 5.69 Å². The zero-order valence-corrected chi connectivity index (χ0v) is 17.7. The van der Waals surface area contributed by atoms with Crippen molar-refractivity contribution in [3.63, 3.8) is 0 Å². The first-order valence-corrected chi connectivity index (χ1v) is 11.1. The molecule has 3 aromatic rings. The zero-order valence-electron chi connectivity index (χ0n) is 16.8. The summed E-state index contributed by atoms with van der Waals surface area (Å²) in [6.07, 6.45) is 1.59. The van der Waals surface area contributed by atoms with Gasteiger partial charge < -0.3 is 14.2 Å². The van der Waals surface area contributed by atoms with E-state index in [0.717, 1.165) is 28.6 Å². The predicted molar refractivity (Wildman–Crippen MR) is 115 cm³/mol. The van der Waals surface area contributed by atoms with E-state index in [4.69, 9.17) is 4.74 Å². The molecule has 1 aliphatic rings. The van der Waals surface area contributed by atoms with E-state index in [2.05, 4.69) is 35.1 Å². The Morgan fingerprint density at radius 3 is 2.79 bits per heavy atom. The van der Waals surface area contributed by atoms with Crippen LogP contribution in [0.25, 0.3) is 10.2 Å². The molecule has 0 aliphatic carbocycles. The summed E-state index contributed by atoms with van der Waals surface area (Å²) < 4.78 is 8.43. The quantitative estimate of drug-likeness (QED) is 0.572. The monoisotopic (exact) mass is 410 g/mol. The SMILES string of the molecule is CCOC(=O)[C@H]1CCCN(C(=O)c2cc3sccc3n2[C@H](C)c2ccccc2)C1. The highest BCUT2D eigenvalue weighted by Crippen LogP contribution is 2.32. The van der Waals surface area contributed by atoms with Gasteiger partial charge in [-0.05, 0) is 49.8 Å². The number of fused-ring (bicyclic) bond motifs is 1. The van der Waals surface area contributed by atoms with Crippen LogP contribution in [-0.4, -0.2) is 41.0 Å². The van der Waals surface area contributed by atoms with Crippen molar-refractivity contribution in [1.82, 2.24) is 9.47 Å². The van der Waals surface area contributed by atoms with Gasteiger partial charge in [0.2, 0.25) is 0 Å². The fourth-order valence-electron chi connectivity index (χ4n) is 4.18. The fraction of sp³-hybridized carbons (Fsp3) is 0.391. The van der Waals surface area contributed by atoms with Crippen LogP contribution in [0, 0.1) is 5.92 Å². The maximum Gasteiger partial charge on any atom is 0.310 e. The molecule has 1 fully saturated rings. The van der Waals surface area contributed by atoms with Crippen LogP contribution in [0.2, 0.25) is 0 Å². The molecule has 6 heteroatoms. The minimum atomic E-state index is -0.233. The topological polar surface area (TPSA) is 51.5 Å². The highest BCUT2D eigenvalue weighted by Gasteiger charge is 2.32. The summed E-state index contributed by atoms with van der Waals surface area (Å²) in [5, 5.41) is 2.06. The van der Waals surface area contributed by atoms with Gasteiger partial charge in [-0.2, -0.15) is 0 Å². The van der Waals surface area contributed by atoms with Crippen LogP contribution in [-0.2, 0) is 9.53 Å². The first-order chi connectivity index (χ1) is 14.1. The molecule has 0 spiro atoms. The van der Waals surface area contributed by atoms with Gasteiger partial charge >= 0.3 is 5.97 Å². The molecule has 4 rings (SSSR count). The number of piperidine rings is 1. The van der Waals surface area contributed by atoms with E-state index < -0.39 is 0 Å². The van der Waals surface area contributed by atoms with Crippen molar-refractivity contribution in [3.05, 3.63) is 59.1 Å². The molecule has 2 aromatic heterocycles. The molecule has 0 saturated carbocycles. The Morgan fingerprint density at radius 1 is 1.24 bits per heavy atom. The minimum absolute atomic E-state index is 0.00909. The highest BCUT2D eigenvalue weighted by molar-refractivity contribution is 7.17. The Hall–Kier alpha value is -2.60. The van der Waals surface area contributed by atoms with Gasteiger partial charge in [-0.25, -0.2) is 0 Å². The molecule has 29 heavy (non-hydrogen) atoms. The molecule has 3 heterocycles. The lowest BCUT2D eigenvalue weighted by atomic mass is 9.98. The van der Waals surface area contributed by atoms with E-state index >= 15 is 0 Å². The predicted octanol–water partition coefficient (Wildman–Crippen LogP) is 4.73. The van der Waals surface area contributed by atoms with Crippen LogP contribution in [0.5, 0.6) is 0 Å². The minimum Gasteiger partial charge on any atom is -0.466 e. The molecule has 0 N–H and O–H groups in total. The number of rotatable bonds is 5. The van der Waals surface area contributed by atoms with E-state index in [1.54, 1.807) is 11.3 Å². The maximum absolute atomic E-state index is 13.5. The Morgan fingerprint density at radius 2 is 2.03 bits per heavy atom. The summed E-state index contributed by atoms with van der Waals surface area (Å²) >= 11 is 1.65. The number of likely N-dealkylation sites (tertiary alicyclic amines) is 1. The van der Waals surface area contributed by atoms with Crippen molar-refractivity contribution >= 4 is 33.4 Å². The number of carbonyl (C=O) groups excluding carboxylic acids is 2. The van der Waals surface area contributed by atoms with Crippen LogP contribution in [0.4, 0.5) is 0 Å². The number of carbonyl (C=O) groups is 2. The standard InChI is InChI=1S/C23H26N2O3S/c1-3-28-23(27)18-10-7-12-24(15-18)22(26)20-14-21-19(11-13-29-21)25(20)16(2)17-8-5-4-6-9-17/h4-6,8-9,11,13-14,16,18H,3,7,10,12,15H2,1-2H3/t16-,18+/m1/s1. The summed E-state index contributed by atoms with van der Waals surface area (Å²) in [6, 6.07) is 14.3.